The van der Waals surface area contributed by atoms with Crippen molar-refractivity contribution in [2.24, 2.45) is 5.92 Å². The Bertz CT molecular complexity index is 623. The third-order valence-corrected chi connectivity index (χ3v) is 4.07. The molecule has 6 nitrogen and oxygen atoms in total. The molecule has 0 bridgehead atoms. The molecule has 1 aliphatic rings. The zero-order chi connectivity index (χ0) is 15.4. The van der Waals surface area contributed by atoms with Crippen molar-refractivity contribution in [2.75, 3.05) is 13.1 Å². The fourth-order valence-corrected chi connectivity index (χ4v) is 2.88. The molecular weight excluding hydrogens is 285 g/mol. The van der Waals surface area contributed by atoms with E-state index in [4.69, 9.17) is 0 Å². The number of tetrazole rings is 1. The van der Waals surface area contributed by atoms with E-state index in [0.717, 1.165) is 37.9 Å². The number of likely N-dealkylation sites (tertiary alicyclic amines) is 1. The highest BCUT2D eigenvalue weighted by atomic mass is 19.1. The van der Waals surface area contributed by atoms with E-state index in [0.29, 0.717) is 5.92 Å². The van der Waals surface area contributed by atoms with Crippen LogP contribution in [0.1, 0.15) is 18.4 Å². The van der Waals surface area contributed by atoms with Crippen LogP contribution < -0.4 is 0 Å². The molecule has 1 saturated heterocycles. The van der Waals surface area contributed by atoms with Gasteiger partial charge in [-0.1, -0.05) is 12.1 Å². The monoisotopic (exact) mass is 303 g/mol. The van der Waals surface area contributed by atoms with Crippen LogP contribution in [0.25, 0.3) is 0 Å². The molecule has 0 saturated carbocycles. The maximum Gasteiger partial charge on any atom is 0.244 e. The van der Waals surface area contributed by atoms with Crippen molar-refractivity contribution >= 4 is 5.91 Å². The van der Waals surface area contributed by atoms with Crippen molar-refractivity contribution in [3.8, 4) is 0 Å². The minimum Gasteiger partial charge on any atom is -0.341 e. The fourth-order valence-electron chi connectivity index (χ4n) is 2.88. The number of amides is 1. The van der Waals surface area contributed by atoms with Crippen molar-refractivity contribution in [3.05, 3.63) is 42.0 Å². The van der Waals surface area contributed by atoms with Gasteiger partial charge < -0.3 is 4.90 Å². The molecule has 0 atom stereocenters. The summed E-state index contributed by atoms with van der Waals surface area (Å²) in [6.45, 7) is 1.66. The number of carbonyl (C=O) groups is 1. The first kappa shape index (κ1) is 14.6. The minimum absolute atomic E-state index is 0.0384. The van der Waals surface area contributed by atoms with Gasteiger partial charge in [-0.3, -0.25) is 4.79 Å². The molecular formula is C15H18FN5O. The maximum absolute atomic E-state index is 13.2. The second kappa shape index (κ2) is 6.64. The first-order valence-corrected chi connectivity index (χ1v) is 7.44. The Morgan fingerprint density at radius 3 is 2.82 bits per heavy atom. The first-order chi connectivity index (χ1) is 10.7. The van der Waals surface area contributed by atoms with Crippen LogP contribution in [0, 0.1) is 11.7 Å². The number of benzene rings is 1. The normalized spacial score (nSPS) is 16.0. The molecule has 0 unspecified atom stereocenters. The topological polar surface area (TPSA) is 63.9 Å². The van der Waals surface area contributed by atoms with Gasteiger partial charge in [-0.15, -0.1) is 5.10 Å². The lowest BCUT2D eigenvalue weighted by Gasteiger charge is -2.32. The Morgan fingerprint density at radius 1 is 1.32 bits per heavy atom. The summed E-state index contributed by atoms with van der Waals surface area (Å²) in [6, 6.07) is 6.76. The lowest BCUT2D eigenvalue weighted by molar-refractivity contribution is -0.133. The van der Waals surface area contributed by atoms with E-state index < -0.39 is 0 Å². The summed E-state index contributed by atoms with van der Waals surface area (Å²) < 4.78 is 14.6. The van der Waals surface area contributed by atoms with Crippen molar-refractivity contribution in [1.82, 2.24) is 25.1 Å². The summed E-state index contributed by atoms with van der Waals surface area (Å²) in [5.74, 6) is 0.349. The largest absolute Gasteiger partial charge is 0.341 e. The Morgan fingerprint density at radius 2 is 2.14 bits per heavy atom. The third kappa shape index (κ3) is 3.66. The molecule has 3 rings (SSSR count). The standard InChI is InChI=1S/C15H18FN5O/c16-14-3-1-2-13(9-14)8-12-4-6-20(7-5-12)15(22)10-21-11-17-18-19-21/h1-3,9,11-12H,4-8,10H2. The van der Waals surface area contributed by atoms with E-state index in [1.165, 1.54) is 17.1 Å². The molecule has 2 heterocycles. The molecule has 2 aromatic rings. The number of rotatable bonds is 4. The average molecular weight is 303 g/mol. The van der Waals surface area contributed by atoms with Crippen LogP contribution in [-0.4, -0.2) is 44.1 Å². The Balaban J connectivity index is 1.49. The van der Waals surface area contributed by atoms with Crippen molar-refractivity contribution in [3.63, 3.8) is 0 Å². The van der Waals surface area contributed by atoms with E-state index in [9.17, 15) is 9.18 Å². The van der Waals surface area contributed by atoms with Crippen LogP contribution in [0.4, 0.5) is 4.39 Å². The molecule has 1 aromatic heterocycles. The van der Waals surface area contributed by atoms with Crippen molar-refractivity contribution < 1.29 is 9.18 Å². The number of nitrogens with zero attached hydrogens (tertiary/aromatic N) is 5. The Kier molecular flexibility index (Phi) is 4.41. The quantitative estimate of drug-likeness (QED) is 0.854. The van der Waals surface area contributed by atoms with Crippen LogP contribution in [-0.2, 0) is 17.8 Å². The van der Waals surface area contributed by atoms with Crippen LogP contribution in [0.15, 0.2) is 30.6 Å². The summed E-state index contributed by atoms with van der Waals surface area (Å²) >= 11 is 0. The lowest BCUT2D eigenvalue weighted by atomic mass is 9.90. The summed E-state index contributed by atoms with van der Waals surface area (Å²) in [5, 5.41) is 10.7. The predicted octanol–water partition coefficient (Wildman–Crippen LogP) is 1.29. The second-order valence-corrected chi connectivity index (χ2v) is 5.67. The third-order valence-electron chi connectivity index (χ3n) is 4.07. The van der Waals surface area contributed by atoms with E-state index in [-0.39, 0.29) is 18.3 Å². The fraction of sp³-hybridized carbons (Fsp3) is 0.467. The summed E-state index contributed by atoms with van der Waals surface area (Å²) in [5.41, 5.74) is 1.03. The highest BCUT2D eigenvalue weighted by Crippen LogP contribution is 2.22. The van der Waals surface area contributed by atoms with Gasteiger partial charge in [0.2, 0.25) is 5.91 Å². The van der Waals surface area contributed by atoms with E-state index >= 15 is 0 Å². The molecule has 22 heavy (non-hydrogen) atoms. The first-order valence-electron chi connectivity index (χ1n) is 7.44. The van der Waals surface area contributed by atoms with E-state index in [1.54, 1.807) is 12.1 Å². The van der Waals surface area contributed by atoms with Gasteiger partial charge in [0.15, 0.2) is 0 Å². The summed E-state index contributed by atoms with van der Waals surface area (Å²) in [7, 11) is 0. The van der Waals surface area contributed by atoms with Crippen molar-refractivity contribution in [2.45, 2.75) is 25.8 Å². The highest BCUT2D eigenvalue weighted by molar-refractivity contribution is 5.75. The molecule has 0 spiro atoms. The molecule has 1 aromatic carbocycles. The Labute approximate surface area is 127 Å². The predicted molar refractivity (Wildman–Crippen MR) is 77.2 cm³/mol. The number of carbonyl (C=O) groups excluding carboxylic acids is 1. The average Bonchev–Trinajstić information content (AvgIpc) is 3.01. The zero-order valence-electron chi connectivity index (χ0n) is 12.2. The smallest absolute Gasteiger partial charge is 0.244 e. The number of piperidine rings is 1. The SMILES string of the molecule is O=C(Cn1cnnn1)N1CCC(Cc2cccc(F)c2)CC1. The highest BCUT2D eigenvalue weighted by Gasteiger charge is 2.23. The van der Waals surface area contributed by atoms with E-state index in [2.05, 4.69) is 15.5 Å². The van der Waals surface area contributed by atoms with Gasteiger partial charge in [0.1, 0.15) is 18.7 Å². The van der Waals surface area contributed by atoms with Crippen LogP contribution in [0.2, 0.25) is 0 Å². The molecule has 0 aliphatic carbocycles. The van der Waals surface area contributed by atoms with Crippen molar-refractivity contribution in [1.29, 1.82) is 0 Å². The van der Waals surface area contributed by atoms with Gasteiger partial charge in [-0.05, 0) is 53.3 Å². The van der Waals surface area contributed by atoms with Crippen LogP contribution in [0.3, 0.4) is 0 Å². The second-order valence-electron chi connectivity index (χ2n) is 5.67. The van der Waals surface area contributed by atoms with Gasteiger partial charge >= 0.3 is 0 Å². The van der Waals surface area contributed by atoms with Gasteiger partial charge in [0, 0.05) is 13.1 Å². The molecule has 1 amide bonds. The lowest BCUT2D eigenvalue weighted by Crippen LogP contribution is -2.40. The van der Waals surface area contributed by atoms with Gasteiger partial charge in [-0.25, -0.2) is 9.07 Å². The molecule has 0 N–H and O–H groups in total. The Hall–Kier alpha value is -2.31. The number of halogens is 1. The van der Waals surface area contributed by atoms with Gasteiger partial charge in [0.25, 0.3) is 0 Å². The molecule has 116 valence electrons. The zero-order valence-corrected chi connectivity index (χ0v) is 12.2. The number of hydrogen-bond donors (Lipinski definition) is 0. The maximum atomic E-state index is 13.2. The summed E-state index contributed by atoms with van der Waals surface area (Å²) in [6.07, 6.45) is 4.19. The van der Waals surface area contributed by atoms with Gasteiger partial charge in [-0.2, -0.15) is 0 Å². The number of hydrogen-bond acceptors (Lipinski definition) is 4. The number of aromatic nitrogens is 4. The molecule has 0 radical (unpaired) electrons. The van der Waals surface area contributed by atoms with Gasteiger partial charge in [0.05, 0.1) is 0 Å². The minimum atomic E-state index is -0.188. The van der Waals surface area contributed by atoms with Crippen LogP contribution >= 0.6 is 0 Å². The molecule has 7 heteroatoms. The van der Waals surface area contributed by atoms with Crippen LogP contribution in [0.5, 0.6) is 0 Å². The van der Waals surface area contributed by atoms with E-state index in [1.807, 2.05) is 11.0 Å². The summed E-state index contributed by atoms with van der Waals surface area (Å²) in [4.78, 5) is 14.0. The molecule has 1 aliphatic heterocycles. The molecule has 1 fully saturated rings.